The van der Waals surface area contributed by atoms with E-state index in [4.69, 9.17) is 14.7 Å². The molecule has 25 heavy (non-hydrogen) atoms. The number of hydrogen-bond acceptors (Lipinski definition) is 6. The van der Waals surface area contributed by atoms with Crippen LogP contribution >= 0.6 is 0 Å². The van der Waals surface area contributed by atoms with Crippen LogP contribution in [0.4, 0.5) is 0 Å². The SMILES string of the molecule is COc1ccc(C(=O)N2CC(=O)N(CCC#N)CC(O)C2)cc1OC. The van der Waals surface area contributed by atoms with E-state index in [9.17, 15) is 14.7 Å². The quantitative estimate of drug-likeness (QED) is 0.820. The van der Waals surface area contributed by atoms with Gasteiger partial charge >= 0.3 is 0 Å². The second-order valence-corrected chi connectivity index (χ2v) is 5.66. The van der Waals surface area contributed by atoms with Crippen LogP contribution in [0.15, 0.2) is 18.2 Å². The summed E-state index contributed by atoms with van der Waals surface area (Å²) in [6, 6.07) is 6.71. The van der Waals surface area contributed by atoms with Crippen molar-refractivity contribution in [3.8, 4) is 17.6 Å². The van der Waals surface area contributed by atoms with Gasteiger partial charge in [0.25, 0.3) is 5.91 Å². The molecule has 1 N–H and O–H groups in total. The lowest BCUT2D eigenvalue weighted by Crippen LogP contribution is -2.39. The van der Waals surface area contributed by atoms with Crippen molar-refractivity contribution >= 4 is 11.8 Å². The number of ether oxygens (including phenoxy) is 2. The number of β-amino-alcohol motifs (C(OH)–C–C–N with tert-alkyl or cyclic N) is 1. The van der Waals surface area contributed by atoms with Gasteiger partial charge in [0.2, 0.25) is 5.91 Å². The van der Waals surface area contributed by atoms with Crippen molar-refractivity contribution < 1.29 is 24.2 Å². The van der Waals surface area contributed by atoms with Crippen LogP contribution in [0.3, 0.4) is 0 Å². The van der Waals surface area contributed by atoms with Crippen LogP contribution in [0.2, 0.25) is 0 Å². The molecular formula is C17H21N3O5. The summed E-state index contributed by atoms with van der Waals surface area (Å²) >= 11 is 0. The van der Waals surface area contributed by atoms with E-state index in [0.29, 0.717) is 17.1 Å². The first kappa shape index (κ1) is 18.5. The van der Waals surface area contributed by atoms with Gasteiger partial charge < -0.3 is 24.4 Å². The van der Waals surface area contributed by atoms with Gasteiger partial charge in [-0.2, -0.15) is 5.26 Å². The topological polar surface area (TPSA) is 103 Å². The summed E-state index contributed by atoms with van der Waals surface area (Å²) in [7, 11) is 2.97. The monoisotopic (exact) mass is 347 g/mol. The summed E-state index contributed by atoms with van der Waals surface area (Å²) in [5, 5.41) is 18.8. The highest BCUT2D eigenvalue weighted by Gasteiger charge is 2.30. The van der Waals surface area contributed by atoms with Crippen molar-refractivity contribution in [1.29, 1.82) is 5.26 Å². The average molecular weight is 347 g/mol. The predicted molar refractivity (Wildman–Crippen MR) is 88.3 cm³/mol. The van der Waals surface area contributed by atoms with Gasteiger partial charge in [-0.3, -0.25) is 9.59 Å². The molecule has 1 aliphatic rings. The molecule has 1 atom stereocenters. The van der Waals surface area contributed by atoms with Gasteiger partial charge in [-0.1, -0.05) is 0 Å². The van der Waals surface area contributed by atoms with Gasteiger partial charge in [-0.25, -0.2) is 0 Å². The first-order chi connectivity index (χ1) is 12.0. The molecule has 1 heterocycles. The number of aliphatic hydroxyl groups excluding tert-OH is 1. The minimum atomic E-state index is -0.866. The van der Waals surface area contributed by atoms with Crippen molar-refractivity contribution in [2.24, 2.45) is 0 Å². The van der Waals surface area contributed by atoms with Crippen LogP contribution in [0.5, 0.6) is 11.5 Å². The van der Waals surface area contributed by atoms with E-state index < -0.39 is 6.10 Å². The fourth-order valence-corrected chi connectivity index (χ4v) is 2.70. The van der Waals surface area contributed by atoms with Crippen LogP contribution in [-0.4, -0.2) is 73.2 Å². The van der Waals surface area contributed by atoms with E-state index >= 15 is 0 Å². The number of benzene rings is 1. The third-order valence-electron chi connectivity index (χ3n) is 3.95. The van der Waals surface area contributed by atoms with Gasteiger partial charge in [0, 0.05) is 25.2 Å². The van der Waals surface area contributed by atoms with Gasteiger partial charge in [-0.05, 0) is 18.2 Å². The number of carbonyl (C=O) groups is 2. The van der Waals surface area contributed by atoms with Crippen LogP contribution in [0.1, 0.15) is 16.8 Å². The molecule has 2 amide bonds. The van der Waals surface area contributed by atoms with Crippen molar-refractivity contribution in [2.75, 3.05) is 40.4 Å². The van der Waals surface area contributed by atoms with E-state index in [-0.39, 0.29) is 44.4 Å². The Morgan fingerprint density at radius 2 is 2.04 bits per heavy atom. The molecular weight excluding hydrogens is 326 g/mol. The molecule has 2 rings (SSSR count). The lowest BCUT2D eigenvalue weighted by molar-refractivity contribution is -0.131. The molecule has 0 aromatic heterocycles. The van der Waals surface area contributed by atoms with E-state index in [1.165, 1.54) is 30.1 Å². The largest absolute Gasteiger partial charge is 0.493 e. The summed E-state index contributed by atoms with van der Waals surface area (Å²) < 4.78 is 10.3. The van der Waals surface area contributed by atoms with Gasteiger partial charge in [0.1, 0.15) is 6.54 Å². The first-order valence-corrected chi connectivity index (χ1v) is 7.84. The van der Waals surface area contributed by atoms with E-state index in [0.717, 1.165) is 0 Å². The highest BCUT2D eigenvalue weighted by Crippen LogP contribution is 2.28. The molecule has 1 saturated heterocycles. The molecule has 8 heteroatoms. The molecule has 0 saturated carbocycles. The van der Waals surface area contributed by atoms with Crippen molar-refractivity contribution in [3.05, 3.63) is 23.8 Å². The number of aliphatic hydroxyl groups is 1. The van der Waals surface area contributed by atoms with E-state index in [2.05, 4.69) is 0 Å². The Morgan fingerprint density at radius 3 is 2.68 bits per heavy atom. The van der Waals surface area contributed by atoms with Crippen molar-refractivity contribution in [2.45, 2.75) is 12.5 Å². The highest BCUT2D eigenvalue weighted by molar-refractivity contribution is 5.97. The Bertz CT molecular complexity index is 685. The van der Waals surface area contributed by atoms with Gasteiger partial charge in [0.15, 0.2) is 11.5 Å². The third kappa shape index (κ3) is 4.39. The number of methoxy groups -OCH3 is 2. The summed E-state index contributed by atoms with van der Waals surface area (Å²) in [5.74, 6) is 0.232. The van der Waals surface area contributed by atoms with E-state index in [1.807, 2.05) is 6.07 Å². The van der Waals surface area contributed by atoms with Crippen LogP contribution < -0.4 is 9.47 Å². The molecule has 0 spiro atoms. The smallest absolute Gasteiger partial charge is 0.254 e. The van der Waals surface area contributed by atoms with Crippen LogP contribution in [-0.2, 0) is 4.79 Å². The summed E-state index contributed by atoms with van der Waals surface area (Å²) in [6.45, 7) is 0.249. The fraction of sp³-hybridized carbons (Fsp3) is 0.471. The maximum absolute atomic E-state index is 12.7. The Hall–Kier alpha value is -2.79. The normalized spacial score (nSPS) is 17.7. The van der Waals surface area contributed by atoms with Crippen molar-refractivity contribution in [3.63, 3.8) is 0 Å². The second-order valence-electron chi connectivity index (χ2n) is 5.66. The molecule has 1 fully saturated rings. The number of carbonyl (C=O) groups excluding carboxylic acids is 2. The highest BCUT2D eigenvalue weighted by atomic mass is 16.5. The lowest BCUT2D eigenvalue weighted by Gasteiger charge is -2.21. The zero-order valence-corrected chi connectivity index (χ0v) is 14.3. The number of hydrogen-bond donors (Lipinski definition) is 1. The number of rotatable bonds is 5. The minimum absolute atomic E-state index is 0.0436. The zero-order chi connectivity index (χ0) is 18.4. The van der Waals surface area contributed by atoms with Gasteiger partial charge in [-0.15, -0.1) is 0 Å². The molecule has 0 radical (unpaired) electrons. The maximum atomic E-state index is 12.7. The Kier molecular flexibility index (Phi) is 6.19. The summed E-state index contributed by atoms with van der Waals surface area (Å²) in [6.07, 6.45) is -0.684. The summed E-state index contributed by atoms with van der Waals surface area (Å²) in [5.41, 5.74) is 0.336. The molecule has 1 aliphatic heterocycles. The average Bonchev–Trinajstić information content (AvgIpc) is 2.76. The van der Waals surface area contributed by atoms with E-state index in [1.54, 1.807) is 12.1 Å². The fourth-order valence-electron chi connectivity index (χ4n) is 2.70. The molecule has 134 valence electrons. The number of amides is 2. The number of nitriles is 1. The Morgan fingerprint density at radius 1 is 1.32 bits per heavy atom. The zero-order valence-electron chi connectivity index (χ0n) is 14.3. The van der Waals surface area contributed by atoms with Crippen LogP contribution in [0.25, 0.3) is 0 Å². The lowest BCUT2D eigenvalue weighted by atomic mass is 10.1. The molecule has 8 nitrogen and oxygen atoms in total. The molecule has 1 unspecified atom stereocenters. The standard InChI is InChI=1S/C17H21N3O5/c1-24-14-5-4-12(8-15(14)25-2)17(23)20-10-13(21)9-19(7-3-6-18)16(22)11-20/h4-5,8,13,21H,3,7,9-11H2,1-2H3. The number of nitrogens with zero attached hydrogens (tertiary/aromatic N) is 3. The molecule has 1 aromatic carbocycles. The second kappa shape index (κ2) is 8.35. The van der Waals surface area contributed by atoms with Crippen LogP contribution in [0, 0.1) is 11.3 Å². The maximum Gasteiger partial charge on any atom is 0.254 e. The Labute approximate surface area is 146 Å². The first-order valence-electron chi connectivity index (χ1n) is 7.84. The molecule has 0 bridgehead atoms. The summed E-state index contributed by atoms with van der Waals surface area (Å²) in [4.78, 5) is 27.7. The Balaban J connectivity index is 2.18. The minimum Gasteiger partial charge on any atom is -0.493 e. The van der Waals surface area contributed by atoms with Crippen molar-refractivity contribution in [1.82, 2.24) is 9.80 Å². The predicted octanol–water partition coefficient (Wildman–Crippen LogP) is 0.263. The van der Waals surface area contributed by atoms with Gasteiger partial charge in [0.05, 0.1) is 32.8 Å². The molecule has 1 aromatic rings. The third-order valence-corrected chi connectivity index (χ3v) is 3.95. The molecule has 0 aliphatic carbocycles.